The lowest BCUT2D eigenvalue weighted by atomic mass is 10.1. The highest BCUT2D eigenvalue weighted by Gasteiger charge is 2.52. The van der Waals surface area contributed by atoms with E-state index in [9.17, 15) is 28.5 Å². The lowest BCUT2D eigenvalue weighted by Crippen LogP contribution is -2.47. The van der Waals surface area contributed by atoms with Gasteiger partial charge in [0.1, 0.15) is 12.2 Å². The summed E-state index contributed by atoms with van der Waals surface area (Å²) in [5.41, 5.74) is 0. The Bertz CT molecular complexity index is 704. The molecule has 0 aromatic rings. The lowest BCUT2D eigenvalue weighted by Gasteiger charge is -2.30. The molecule has 27 heavy (non-hydrogen) atoms. The average molecular weight is 429 g/mol. The Morgan fingerprint density at radius 2 is 1.93 bits per heavy atom. The third-order valence-electron chi connectivity index (χ3n) is 3.73. The monoisotopic (exact) mass is 429 g/mol. The fourth-order valence-corrected chi connectivity index (χ4v) is 3.66. The second-order valence-corrected chi connectivity index (χ2v) is 9.56. The number of rotatable bonds is 8. The molecule has 1 amide bonds. The number of ether oxygens (including phenoxy) is 3. The van der Waals surface area contributed by atoms with Crippen molar-refractivity contribution >= 4 is 26.9 Å². The molecule has 0 radical (unpaired) electrons. The molecule has 2 rings (SSSR count). The van der Waals surface area contributed by atoms with Crippen LogP contribution in [-0.2, 0) is 42.0 Å². The fourth-order valence-electron chi connectivity index (χ4n) is 2.55. The summed E-state index contributed by atoms with van der Waals surface area (Å²) in [7, 11) is -5.85. The highest BCUT2D eigenvalue weighted by atomic mass is 31.2. The quantitative estimate of drug-likeness (QED) is 0.395. The van der Waals surface area contributed by atoms with Gasteiger partial charge < -0.3 is 28.5 Å². The van der Waals surface area contributed by atoms with Gasteiger partial charge in [-0.3, -0.25) is 28.1 Å². The van der Waals surface area contributed by atoms with Gasteiger partial charge in [-0.25, -0.2) is 0 Å². The van der Waals surface area contributed by atoms with Crippen molar-refractivity contribution in [2.75, 3.05) is 27.2 Å². The Morgan fingerprint density at radius 3 is 2.44 bits per heavy atom. The predicted molar refractivity (Wildman–Crippen MR) is 88.5 cm³/mol. The minimum Gasteiger partial charge on any atom is -0.374 e. The Balaban J connectivity index is 2.27. The molecule has 0 aromatic heterocycles. The third kappa shape index (κ3) is 5.77. The van der Waals surface area contributed by atoms with Crippen LogP contribution in [0.15, 0.2) is 12.3 Å². The van der Waals surface area contributed by atoms with Crippen molar-refractivity contribution < 1.29 is 51.8 Å². The van der Waals surface area contributed by atoms with E-state index in [0.29, 0.717) is 0 Å². The molecule has 0 aliphatic carbocycles. The van der Waals surface area contributed by atoms with E-state index in [2.05, 4.69) is 4.52 Å². The largest absolute Gasteiger partial charge is 0.374 e. The van der Waals surface area contributed by atoms with E-state index in [1.54, 1.807) is 0 Å². The Morgan fingerprint density at radius 1 is 1.26 bits per heavy atom. The van der Waals surface area contributed by atoms with E-state index in [-0.39, 0.29) is 6.42 Å². The fraction of sp³-hybridized carbons (Fsp3) is 0.692. The van der Waals surface area contributed by atoms with Crippen molar-refractivity contribution in [3.05, 3.63) is 12.3 Å². The maximum absolute atomic E-state index is 12.1. The molecule has 2 unspecified atom stereocenters. The number of methoxy groups -OCH3 is 1. The van der Waals surface area contributed by atoms with Gasteiger partial charge in [0, 0.05) is 27.1 Å². The molecule has 2 aliphatic heterocycles. The van der Waals surface area contributed by atoms with Crippen LogP contribution in [0.2, 0.25) is 0 Å². The first-order valence-corrected chi connectivity index (χ1v) is 11.4. The maximum atomic E-state index is 12.1. The zero-order chi connectivity index (χ0) is 20.4. The van der Waals surface area contributed by atoms with Crippen LogP contribution in [0, 0.1) is 0 Å². The van der Waals surface area contributed by atoms with Gasteiger partial charge in [0.2, 0.25) is 5.91 Å². The van der Waals surface area contributed by atoms with Crippen molar-refractivity contribution in [3.8, 4) is 0 Å². The summed E-state index contributed by atoms with van der Waals surface area (Å²) in [6, 6.07) is 0. The topological polar surface area (TPSA) is 158 Å². The van der Waals surface area contributed by atoms with Crippen LogP contribution >= 0.6 is 15.2 Å². The van der Waals surface area contributed by atoms with Gasteiger partial charge in [0.15, 0.2) is 24.6 Å². The highest BCUT2D eigenvalue weighted by molar-refractivity contribution is 7.52. The van der Waals surface area contributed by atoms with Gasteiger partial charge in [0.05, 0.1) is 6.42 Å². The first-order chi connectivity index (χ1) is 12.5. The maximum Gasteiger partial charge on any atom is 0.353 e. The molecular formula is C13H21NO11P2. The summed E-state index contributed by atoms with van der Waals surface area (Å²) >= 11 is 0. The van der Waals surface area contributed by atoms with E-state index in [1.807, 2.05) is 0 Å². The van der Waals surface area contributed by atoms with Crippen LogP contribution < -0.4 is 0 Å². The first kappa shape index (κ1) is 22.4. The summed E-state index contributed by atoms with van der Waals surface area (Å²) in [5.74, 6) is -0.971. The molecule has 2 N–H and O–H groups in total. The summed E-state index contributed by atoms with van der Waals surface area (Å²) < 4.78 is 48.8. The van der Waals surface area contributed by atoms with E-state index in [1.165, 1.54) is 19.4 Å². The summed E-state index contributed by atoms with van der Waals surface area (Å²) in [6.45, 7) is 0.931. The van der Waals surface area contributed by atoms with E-state index in [0.717, 1.165) is 18.7 Å². The van der Waals surface area contributed by atoms with E-state index < -0.39 is 58.0 Å². The molecule has 0 saturated carbocycles. The van der Waals surface area contributed by atoms with Gasteiger partial charge in [-0.05, 0) is 6.08 Å². The number of hydrogen-bond acceptors (Lipinski definition) is 9. The SMILES string of the molecule is CO[C@@H]1[C@H](OP(C)(=O)O)[C@@H](OCP(=O)(O)OC)O[C@H]1N1C=CC(=O)CC1=O. The first-order valence-electron chi connectivity index (χ1n) is 7.65. The van der Waals surface area contributed by atoms with Crippen molar-refractivity contribution in [1.29, 1.82) is 0 Å². The van der Waals surface area contributed by atoms with Crippen molar-refractivity contribution in [3.63, 3.8) is 0 Å². The molecule has 2 heterocycles. The number of carbonyl (C=O) groups is 2. The number of nitrogens with zero attached hydrogens (tertiary/aromatic N) is 1. The van der Waals surface area contributed by atoms with Gasteiger partial charge in [0.25, 0.3) is 0 Å². The smallest absolute Gasteiger partial charge is 0.353 e. The molecule has 0 spiro atoms. The standard InChI is InChI=1S/C13H21NO11P2/c1-21-10-11(25-26(3,17)18)13(23-7-27(19,20)22-2)24-12(10)14-5-4-8(15)6-9(14)16/h4-5,10-13H,6-7H2,1-3H3,(H,17,18)(H,19,20)/t10-,11+,12-,13+/m1/s1. The number of allylic oxidation sites excluding steroid dienone is 1. The second-order valence-electron chi connectivity index (χ2n) is 5.84. The zero-order valence-corrected chi connectivity index (χ0v) is 16.6. The van der Waals surface area contributed by atoms with Gasteiger partial charge in [-0.2, -0.15) is 0 Å². The van der Waals surface area contributed by atoms with Gasteiger partial charge in [-0.1, -0.05) is 0 Å². The molecule has 154 valence electrons. The van der Waals surface area contributed by atoms with E-state index >= 15 is 0 Å². The van der Waals surface area contributed by atoms with Crippen molar-refractivity contribution in [2.24, 2.45) is 0 Å². The Kier molecular flexibility index (Phi) is 7.12. The molecular weight excluding hydrogens is 408 g/mol. The highest BCUT2D eigenvalue weighted by Crippen LogP contribution is 2.46. The van der Waals surface area contributed by atoms with Gasteiger partial charge in [-0.15, -0.1) is 0 Å². The third-order valence-corrected chi connectivity index (χ3v) is 5.41. The summed E-state index contributed by atoms with van der Waals surface area (Å²) in [5, 5.41) is 0. The van der Waals surface area contributed by atoms with Crippen molar-refractivity contribution in [1.82, 2.24) is 4.90 Å². The van der Waals surface area contributed by atoms with Gasteiger partial charge >= 0.3 is 15.2 Å². The summed E-state index contributed by atoms with van der Waals surface area (Å²) in [4.78, 5) is 43.6. The number of amides is 1. The normalized spacial score (nSPS) is 33.1. The zero-order valence-electron chi connectivity index (χ0n) is 14.8. The van der Waals surface area contributed by atoms with Crippen molar-refractivity contribution in [2.45, 2.75) is 31.1 Å². The molecule has 0 aromatic carbocycles. The molecule has 1 saturated heterocycles. The average Bonchev–Trinajstić information content (AvgIpc) is 2.88. The molecule has 0 bridgehead atoms. The number of ketones is 1. The lowest BCUT2D eigenvalue weighted by molar-refractivity contribution is -0.179. The predicted octanol–water partition coefficient (Wildman–Crippen LogP) is 0.00520. The van der Waals surface area contributed by atoms with Crippen LogP contribution in [-0.4, -0.2) is 78.3 Å². The minimum atomic E-state index is -4.07. The molecule has 12 nitrogen and oxygen atoms in total. The molecule has 2 aliphatic rings. The second kappa shape index (κ2) is 8.60. The Labute approximate surface area is 155 Å². The van der Waals surface area contributed by atoms with E-state index in [4.69, 9.17) is 18.7 Å². The molecule has 1 fully saturated rings. The van der Waals surface area contributed by atoms with Crippen LogP contribution in [0.1, 0.15) is 6.42 Å². The van der Waals surface area contributed by atoms with Crippen LogP contribution in [0.25, 0.3) is 0 Å². The van der Waals surface area contributed by atoms with Crippen LogP contribution in [0.4, 0.5) is 0 Å². The molecule has 6 atom stereocenters. The van der Waals surface area contributed by atoms with Crippen LogP contribution in [0.3, 0.4) is 0 Å². The number of carbonyl (C=O) groups excluding carboxylic acids is 2. The Hall–Kier alpha value is -0.940. The summed E-state index contributed by atoms with van der Waals surface area (Å²) in [6.07, 6.45) is -3.78. The molecule has 14 heteroatoms. The minimum absolute atomic E-state index is 0.383. The number of hydrogen-bond donors (Lipinski definition) is 2. The van der Waals surface area contributed by atoms with Crippen LogP contribution in [0.5, 0.6) is 0 Å².